The number of aromatic nitrogens is 2. The van der Waals surface area contributed by atoms with E-state index in [1.165, 1.54) is 0 Å². The van der Waals surface area contributed by atoms with E-state index in [0.29, 0.717) is 16.4 Å². The van der Waals surface area contributed by atoms with Crippen LogP contribution in [-0.4, -0.2) is 15.9 Å². The Balaban J connectivity index is 2.14. The molecule has 2 aromatic heterocycles. The summed E-state index contributed by atoms with van der Waals surface area (Å²) in [4.78, 5) is 20.3. The summed E-state index contributed by atoms with van der Waals surface area (Å²) in [5.41, 5.74) is 2.02. The number of carbonyl (C=O) groups excluding carboxylic acids is 1. The highest BCUT2D eigenvalue weighted by molar-refractivity contribution is 6.29. The molecule has 0 atom stereocenters. The highest BCUT2D eigenvalue weighted by Crippen LogP contribution is 2.20. The van der Waals surface area contributed by atoms with Crippen molar-refractivity contribution in [1.29, 1.82) is 0 Å². The van der Waals surface area contributed by atoms with Gasteiger partial charge in [-0.05, 0) is 24.3 Å². The standard InChI is InChI=1S/C15H16ClN3O/c1-15(2,3)12-5-4-10(9-18-12)14(20)19-11-6-7-17-13(16)8-11/h4-9H,1-3H3,(H,17,19,20). The first-order valence-electron chi connectivity index (χ1n) is 6.26. The lowest BCUT2D eigenvalue weighted by Crippen LogP contribution is -2.16. The Morgan fingerprint density at radius 2 is 1.95 bits per heavy atom. The quantitative estimate of drug-likeness (QED) is 0.858. The van der Waals surface area contributed by atoms with Crippen LogP contribution in [-0.2, 0) is 5.41 Å². The predicted molar refractivity (Wildman–Crippen MR) is 80.1 cm³/mol. The van der Waals surface area contributed by atoms with Gasteiger partial charge in [-0.1, -0.05) is 32.4 Å². The molecular weight excluding hydrogens is 274 g/mol. The highest BCUT2D eigenvalue weighted by atomic mass is 35.5. The van der Waals surface area contributed by atoms with E-state index in [9.17, 15) is 4.79 Å². The van der Waals surface area contributed by atoms with Crippen molar-refractivity contribution in [3.8, 4) is 0 Å². The van der Waals surface area contributed by atoms with Gasteiger partial charge in [0, 0.05) is 29.2 Å². The third-order valence-electron chi connectivity index (χ3n) is 2.78. The molecule has 0 saturated carbocycles. The van der Waals surface area contributed by atoms with E-state index < -0.39 is 0 Å². The molecule has 0 spiro atoms. The zero-order valence-corrected chi connectivity index (χ0v) is 12.4. The van der Waals surface area contributed by atoms with Crippen LogP contribution in [0, 0.1) is 0 Å². The lowest BCUT2D eigenvalue weighted by atomic mass is 9.91. The van der Waals surface area contributed by atoms with Gasteiger partial charge in [0.2, 0.25) is 0 Å². The summed E-state index contributed by atoms with van der Waals surface area (Å²) in [6, 6.07) is 6.91. The number of nitrogens with zero attached hydrogens (tertiary/aromatic N) is 2. The Morgan fingerprint density at radius 1 is 1.20 bits per heavy atom. The normalized spacial score (nSPS) is 11.2. The van der Waals surface area contributed by atoms with Crippen LogP contribution in [0.5, 0.6) is 0 Å². The van der Waals surface area contributed by atoms with Crippen LogP contribution >= 0.6 is 11.6 Å². The Hall–Kier alpha value is -1.94. The van der Waals surface area contributed by atoms with Crippen molar-refractivity contribution in [3.05, 3.63) is 53.1 Å². The molecule has 0 fully saturated rings. The van der Waals surface area contributed by atoms with Gasteiger partial charge in [-0.15, -0.1) is 0 Å². The molecular formula is C15H16ClN3O. The van der Waals surface area contributed by atoms with Gasteiger partial charge in [0.15, 0.2) is 0 Å². The average Bonchev–Trinajstić information content (AvgIpc) is 2.38. The largest absolute Gasteiger partial charge is 0.322 e. The molecule has 0 bridgehead atoms. The van der Waals surface area contributed by atoms with E-state index in [-0.39, 0.29) is 11.3 Å². The summed E-state index contributed by atoms with van der Waals surface area (Å²) < 4.78 is 0. The number of carbonyl (C=O) groups is 1. The molecule has 5 heteroatoms. The second kappa shape index (κ2) is 5.59. The Labute approximate surface area is 123 Å². The number of rotatable bonds is 2. The summed E-state index contributed by atoms with van der Waals surface area (Å²) in [7, 11) is 0. The minimum atomic E-state index is -0.222. The number of nitrogens with one attached hydrogen (secondary N) is 1. The second-order valence-corrected chi connectivity index (χ2v) is 5.89. The average molecular weight is 290 g/mol. The van der Waals surface area contributed by atoms with Gasteiger partial charge in [0.1, 0.15) is 5.15 Å². The Kier molecular flexibility index (Phi) is 4.04. The van der Waals surface area contributed by atoms with Crippen LogP contribution in [0.4, 0.5) is 5.69 Å². The smallest absolute Gasteiger partial charge is 0.257 e. The lowest BCUT2D eigenvalue weighted by Gasteiger charge is -2.17. The third kappa shape index (κ3) is 3.54. The molecule has 0 unspecified atom stereocenters. The fraction of sp³-hybridized carbons (Fsp3) is 0.267. The van der Waals surface area contributed by atoms with Gasteiger partial charge in [-0.25, -0.2) is 4.98 Å². The number of pyridine rings is 2. The molecule has 0 saturated heterocycles. The van der Waals surface area contributed by atoms with Gasteiger partial charge < -0.3 is 5.32 Å². The summed E-state index contributed by atoms with van der Waals surface area (Å²) in [5, 5.41) is 3.09. The minimum Gasteiger partial charge on any atom is -0.322 e. The van der Waals surface area contributed by atoms with E-state index in [2.05, 4.69) is 36.1 Å². The van der Waals surface area contributed by atoms with Gasteiger partial charge in [0.25, 0.3) is 5.91 Å². The van der Waals surface area contributed by atoms with E-state index in [0.717, 1.165) is 5.69 Å². The van der Waals surface area contributed by atoms with Gasteiger partial charge in [0.05, 0.1) is 5.56 Å². The van der Waals surface area contributed by atoms with Crippen molar-refractivity contribution < 1.29 is 4.79 Å². The van der Waals surface area contributed by atoms with Crippen molar-refractivity contribution in [2.75, 3.05) is 5.32 Å². The van der Waals surface area contributed by atoms with Gasteiger partial charge in [-0.2, -0.15) is 0 Å². The summed E-state index contributed by atoms with van der Waals surface area (Å²) in [5.74, 6) is -0.222. The van der Waals surface area contributed by atoms with Crippen molar-refractivity contribution in [2.45, 2.75) is 26.2 Å². The van der Waals surface area contributed by atoms with Crippen molar-refractivity contribution >= 4 is 23.2 Å². The Morgan fingerprint density at radius 3 is 2.50 bits per heavy atom. The number of anilines is 1. The molecule has 2 rings (SSSR count). The number of halogens is 1. The van der Waals surface area contributed by atoms with Crippen LogP contribution in [0.2, 0.25) is 5.15 Å². The summed E-state index contributed by atoms with van der Waals surface area (Å²) >= 11 is 5.77. The first kappa shape index (κ1) is 14.5. The first-order chi connectivity index (χ1) is 9.36. The van der Waals surface area contributed by atoms with Crippen LogP contribution < -0.4 is 5.32 Å². The molecule has 20 heavy (non-hydrogen) atoms. The Bertz CT molecular complexity index is 618. The number of hydrogen-bond donors (Lipinski definition) is 1. The summed E-state index contributed by atoms with van der Waals surface area (Å²) in [6.07, 6.45) is 3.12. The van der Waals surface area contributed by atoms with Gasteiger partial charge >= 0.3 is 0 Å². The molecule has 104 valence electrons. The molecule has 2 heterocycles. The fourth-order valence-electron chi connectivity index (χ4n) is 1.66. The molecule has 0 aromatic carbocycles. The molecule has 2 aromatic rings. The second-order valence-electron chi connectivity index (χ2n) is 5.50. The number of amides is 1. The monoisotopic (exact) mass is 289 g/mol. The van der Waals surface area contributed by atoms with Crippen LogP contribution in [0.3, 0.4) is 0 Å². The maximum atomic E-state index is 12.1. The SMILES string of the molecule is CC(C)(C)c1ccc(C(=O)Nc2ccnc(Cl)c2)cn1. The molecule has 0 aliphatic carbocycles. The van der Waals surface area contributed by atoms with Crippen molar-refractivity contribution in [2.24, 2.45) is 0 Å². The van der Waals surface area contributed by atoms with Crippen LogP contribution in [0.15, 0.2) is 36.7 Å². The zero-order chi connectivity index (χ0) is 14.8. The van der Waals surface area contributed by atoms with Crippen molar-refractivity contribution in [3.63, 3.8) is 0 Å². The molecule has 0 aliphatic rings. The molecule has 4 nitrogen and oxygen atoms in total. The minimum absolute atomic E-state index is 0.0341. The maximum absolute atomic E-state index is 12.1. The number of hydrogen-bond acceptors (Lipinski definition) is 3. The van der Waals surface area contributed by atoms with E-state index in [4.69, 9.17) is 11.6 Å². The molecule has 0 aliphatic heterocycles. The molecule has 1 amide bonds. The van der Waals surface area contributed by atoms with Crippen LogP contribution in [0.25, 0.3) is 0 Å². The maximum Gasteiger partial charge on any atom is 0.257 e. The fourth-order valence-corrected chi connectivity index (χ4v) is 1.83. The highest BCUT2D eigenvalue weighted by Gasteiger charge is 2.16. The van der Waals surface area contributed by atoms with E-state index >= 15 is 0 Å². The first-order valence-corrected chi connectivity index (χ1v) is 6.63. The predicted octanol–water partition coefficient (Wildman–Crippen LogP) is 3.68. The van der Waals surface area contributed by atoms with E-state index in [1.54, 1.807) is 30.6 Å². The lowest BCUT2D eigenvalue weighted by molar-refractivity contribution is 0.102. The van der Waals surface area contributed by atoms with Gasteiger partial charge in [-0.3, -0.25) is 9.78 Å². The topological polar surface area (TPSA) is 54.9 Å². The van der Waals surface area contributed by atoms with Crippen LogP contribution in [0.1, 0.15) is 36.8 Å². The summed E-state index contributed by atoms with van der Waals surface area (Å²) in [6.45, 7) is 6.23. The third-order valence-corrected chi connectivity index (χ3v) is 2.99. The van der Waals surface area contributed by atoms with E-state index in [1.807, 2.05) is 6.07 Å². The molecule has 1 N–H and O–H groups in total. The molecule has 0 radical (unpaired) electrons. The zero-order valence-electron chi connectivity index (χ0n) is 11.6. The van der Waals surface area contributed by atoms with Crippen molar-refractivity contribution in [1.82, 2.24) is 9.97 Å².